The second kappa shape index (κ2) is 26.7. The monoisotopic (exact) mass is 1160 g/mol. The van der Waals surface area contributed by atoms with Crippen LogP contribution in [0.1, 0.15) is 103 Å². The van der Waals surface area contributed by atoms with Crippen LogP contribution in [-0.4, -0.2) is 133 Å². The molecule has 3 atom stereocenters. The van der Waals surface area contributed by atoms with E-state index in [1.54, 1.807) is 104 Å². The maximum atomic E-state index is 14.5. The molecule has 4 N–H and O–H groups in total. The Kier molecular flexibility index (Phi) is 18.6. The number of likely N-dealkylation sites (N-methyl/N-ethyl adjacent to an activating group) is 1. The summed E-state index contributed by atoms with van der Waals surface area (Å²) in [6, 6.07) is 25.7. The average Bonchev–Trinajstić information content (AvgIpc) is 2.93. The van der Waals surface area contributed by atoms with Crippen LogP contribution in [0.25, 0.3) is 0 Å². The van der Waals surface area contributed by atoms with E-state index in [9.17, 15) is 28.8 Å². The fourth-order valence-electron chi connectivity index (χ4n) is 11.2. The number of rotatable bonds is 21. The fourth-order valence-corrected chi connectivity index (χ4v) is 12.1. The van der Waals surface area contributed by atoms with Crippen LogP contribution >= 0.6 is 11.3 Å². The van der Waals surface area contributed by atoms with Gasteiger partial charge in [0.05, 0.1) is 45.1 Å². The number of benzene rings is 4. The summed E-state index contributed by atoms with van der Waals surface area (Å²) >= 11 is 1.36. The van der Waals surface area contributed by atoms with E-state index in [2.05, 4.69) is 31.2 Å². The van der Waals surface area contributed by atoms with Crippen LogP contribution < -0.4 is 50.2 Å². The molecule has 6 aromatic rings. The Morgan fingerprint density at radius 3 is 2.21 bits per heavy atom. The van der Waals surface area contributed by atoms with Gasteiger partial charge in [0.15, 0.2) is 6.61 Å². The number of anilines is 6. The number of methoxy groups -OCH3 is 2. The van der Waals surface area contributed by atoms with Gasteiger partial charge in [0.2, 0.25) is 29.5 Å². The Labute approximate surface area is 493 Å². The number of urea groups is 1. The minimum atomic E-state index is -0.612. The van der Waals surface area contributed by atoms with Gasteiger partial charge >= 0.3 is 6.03 Å². The lowest BCUT2D eigenvalue weighted by Gasteiger charge is -2.36. The van der Waals surface area contributed by atoms with Gasteiger partial charge in [0.1, 0.15) is 39.8 Å². The lowest BCUT2D eigenvalue weighted by molar-refractivity contribution is -0.139. The topological polar surface area (TPSA) is 233 Å². The molecule has 2 aromatic heterocycles. The van der Waals surface area contributed by atoms with Crippen LogP contribution in [-0.2, 0) is 32.3 Å². The third-order valence-electron chi connectivity index (χ3n) is 16.1. The lowest BCUT2D eigenvalue weighted by Crippen LogP contribution is -2.55. The van der Waals surface area contributed by atoms with Crippen LogP contribution in [0.15, 0.2) is 103 Å². The minimum Gasteiger partial charge on any atom is -0.497 e. The van der Waals surface area contributed by atoms with Crippen LogP contribution in [0.2, 0.25) is 0 Å². The molecule has 4 aromatic carbocycles. The van der Waals surface area contributed by atoms with Crippen LogP contribution in [0.5, 0.6) is 17.2 Å². The van der Waals surface area contributed by atoms with Crippen LogP contribution in [0.3, 0.4) is 0 Å². The van der Waals surface area contributed by atoms with E-state index in [-0.39, 0.29) is 72.8 Å². The summed E-state index contributed by atoms with van der Waals surface area (Å²) in [5, 5.41) is 14.7. The Morgan fingerprint density at radius 1 is 0.786 bits per heavy atom. The van der Waals surface area contributed by atoms with Gasteiger partial charge in [-0.15, -0.1) is 11.3 Å². The number of fused-ring (bicyclic) bond motifs is 1. The predicted octanol–water partition coefficient (Wildman–Crippen LogP) is 8.48. The quantitative estimate of drug-likeness (QED) is 0.0495. The molecule has 6 amide bonds. The number of thiazole rings is 1. The highest BCUT2D eigenvalue weighted by Gasteiger charge is 2.41. The maximum Gasteiger partial charge on any atom is 0.330 e. The number of ether oxygens (including phenoxy) is 3. The summed E-state index contributed by atoms with van der Waals surface area (Å²) in [6.45, 7) is 6.51. The van der Waals surface area contributed by atoms with Crippen molar-refractivity contribution >= 4 is 81.3 Å². The van der Waals surface area contributed by atoms with E-state index in [0.29, 0.717) is 90.1 Å². The molecule has 5 heterocycles. The maximum absolute atomic E-state index is 14.5. The number of ketones is 1. The predicted molar refractivity (Wildman–Crippen MR) is 321 cm³/mol. The highest BCUT2D eigenvalue weighted by Crippen LogP contribution is 2.39. The molecular formula is C62H72N12O9S. The Bertz CT molecular complexity index is 3320. The number of carbonyl (C=O) groups is 6. The SMILES string of the molecule is CCC(=O)Nc1ccc(CN2C(=O)N(c3cc(OC)cc(OC)c3)Cc3cnc(Nc4ccc(N5CCN(C(=O)COc6cccc(C(=O)c7csc([C@@H]8CCCN8C(=O)[C@@H](NC(=O)[C@H](C)NC)C8CCCCC8)n7)c6)CC5)cc4)nc32)cc1. The highest BCUT2D eigenvalue weighted by atomic mass is 32.1. The van der Waals surface area contributed by atoms with Crippen molar-refractivity contribution < 1.29 is 43.0 Å². The second-order valence-electron chi connectivity index (χ2n) is 21.5. The molecule has 440 valence electrons. The van der Waals surface area contributed by atoms with Crippen molar-refractivity contribution in [2.75, 3.05) is 85.9 Å². The van der Waals surface area contributed by atoms with Gasteiger partial charge in [-0.2, -0.15) is 4.98 Å². The van der Waals surface area contributed by atoms with Crippen molar-refractivity contribution in [2.45, 2.75) is 96.4 Å². The van der Waals surface area contributed by atoms with E-state index in [0.717, 1.165) is 67.4 Å². The number of nitrogens with one attached hydrogen (secondary N) is 4. The van der Waals surface area contributed by atoms with Crippen molar-refractivity contribution in [3.63, 3.8) is 0 Å². The molecule has 0 radical (unpaired) electrons. The Morgan fingerprint density at radius 2 is 1.51 bits per heavy atom. The summed E-state index contributed by atoms with van der Waals surface area (Å²) < 4.78 is 17.0. The molecule has 22 heteroatoms. The molecule has 0 spiro atoms. The fraction of sp³-hybridized carbons (Fsp3) is 0.403. The van der Waals surface area contributed by atoms with Crippen LogP contribution in [0.4, 0.5) is 39.3 Å². The molecule has 10 rings (SSSR count). The van der Waals surface area contributed by atoms with Crippen molar-refractivity contribution in [1.29, 1.82) is 0 Å². The number of amides is 6. The van der Waals surface area contributed by atoms with Gasteiger partial charge < -0.3 is 50.2 Å². The largest absolute Gasteiger partial charge is 0.497 e. The molecule has 0 unspecified atom stereocenters. The first-order valence-corrected chi connectivity index (χ1v) is 29.6. The molecule has 84 heavy (non-hydrogen) atoms. The smallest absolute Gasteiger partial charge is 0.330 e. The van der Waals surface area contributed by atoms with Gasteiger partial charge in [-0.3, -0.25) is 33.8 Å². The molecule has 1 aliphatic carbocycles. The van der Waals surface area contributed by atoms with E-state index in [1.807, 2.05) is 53.4 Å². The lowest BCUT2D eigenvalue weighted by atomic mass is 9.83. The average molecular weight is 1160 g/mol. The molecule has 21 nitrogen and oxygen atoms in total. The standard InChI is InChI=1S/C62H72N12O9S/c1-6-53(75)65-44-19-17-40(18-20-44)35-74-57-43(36-73(62(74)80)47-31-49(81-4)33-50(32-47)82-5)34-64-61(69-57)66-45-21-23-46(24-22-45)70-26-28-71(29-27-70)54(76)37-83-48-15-10-14-42(30-48)56(77)51-38-84-59(67-51)52-16-11-25-72(52)60(79)55(41-12-8-7-9-13-41)68-58(78)39(2)63-3/h10,14-15,17-24,30-34,38-39,41,52,55,63H,6-9,11-13,16,25-29,35-37H2,1-5H3,(H,65,75)(H,68,78)(H,64,66,69)/t39-,52-,55-/m0/s1. The zero-order chi connectivity index (χ0) is 58.9. The third kappa shape index (κ3) is 13.6. The molecule has 2 saturated heterocycles. The van der Waals surface area contributed by atoms with E-state index >= 15 is 0 Å². The number of nitrogens with zero attached hydrogens (tertiary/aromatic N) is 8. The van der Waals surface area contributed by atoms with E-state index in [1.165, 1.54) is 11.3 Å². The van der Waals surface area contributed by atoms with Crippen molar-refractivity contribution in [1.82, 2.24) is 35.4 Å². The van der Waals surface area contributed by atoms with E-state index < -0.39 is 12.1 Å². The number of carbonyl (C=O) groups excluding carboxylic acids is 6. The van der Waals surface area contributed by atoms with Crippen LogP contribution in [0, 0.1) is 5.92 Å². The minimum absolute atomic E-state index is 0.0705. The molecule has 1 saturated carbocycles. The van der Waals surface area contributed by atoms with E-state index in [4.69, 9.17) is 24.2 Å². The molecule has 3 aliphatic heterocycles. The zero-order valence-corrected chi connectivity index (χ0v) is 48.9. The summed E-state index contributed by atoms with van der Waals surface area (Å²) in [4.78, 5) is 105. The highest BCUT2D eigenvalue weighted by molar-refractivity contribution is 7.10. The second-order valence-corrected chi connectivity index (χ2v) is 22.4. The first-order chi connectivity index (χ1) is 40.8. The van der Waals surface area contributed by atoms with Gasteiger partial charge in [-0.25, -0.2) is 14.8 Å². The van der Waals surface area contributed by atoms with Crippen molar-refractivity contribution in [3.05, 3.63) is 130 Å². The molecule has 0 bridgehead atoms. The molecule has 4 aliphatic rings. The molecule has 3 fully saturated rings. The Balaban J connectivity index is 0.730. The van der Waals surface area contributed by atoms with Crippen molar-refractivity contribution in [3.8, 4) is 17.2 Å². The number of likely N-dealkylation sites (tertiary alicyclic amines) is 1. The first-order valence-electron chi connectivity index (χ1n) is 28.8. The summed E-state index contributed by atoms with van der Waals surface area (Å²) in [5.74, 6) is 1.46. The number of hydrogen-bond acceptors (Lipinski definition) is 16. The van der Waals surface area contributed by atoms with Gasteiger partial charge in [0, 0.05) is 97.1 Å². The summed E-state index contributed by atoms with van der Waals surface area (Å²) in [6.07, 6.45) is 8.57. The summed E-state index contributed by atoms with van der Waals surface area (Å²) in [5.41, 5.74) is 5.15. The number of hydrogen-bond donors (Lipinski definition) is 4. The van der Waals surface area contributed by atoms with Gasteiger partial charge in [-0.1, -0.05) is 50.5 Å². The number of aromatic nitrogens is 3. The van der Waals surface area contributed by atoms with Gasteiger partial charge in [0.25, 0.3) is 5.91 Å². The third-order valence-corrected chi connectivity index (χ3v) is 17.0. The van der Waals surface area contributed by atoms with Gasteiger partial charge in [-0.05, 0) is 99.7 Å². The zero-order valence-electron chi connectivity index (χ0n) is 48.1. The Hall–Kier alpha value is -8.63. The summed E-state index contributed by atoms with van der Waals surface area (Å²) in [7, 11) is 4.84. The normalized spacial score (nSPS) is 17.0. The number of piperazine rings is 1. The first kappa shape index (κ1) is 58.6. The van der Waals surface area contributed by atoms with Crippen molar-refractivity contribution in [2.24, 2.45) is 5.92 Å². The molecular weight excluding hydrogens is 1090 g/mol.